The van der Waals surface area contributed by atoms with Crippen LogP contribution in [0.4, 0.5) is 0 Å². The van der Waals surface area contributed by atoms with Gasteiger partial charge in [0.2, 0.25) is 0 Å². The molecular weight excluding hydrogens is 478 g/mol. The third kappa shape index (κ3) is 24.7. The number of hydrogen-bond donors (Lipinski definition) is 0. The molecule has 4 aliphatic rings. The standard InChI is InChI=1S/2C6H7.2C6H11.2ClH.H2Si.Zr/c2*1-6-4-2-3-5-6;2*1-2-4-6-5-3-1;;;;/h2*2,4H,3H2,1H3;2*1H,2-6H2;2*1H;1H2;/q4*-1;;;;. The van der Waals surface area contributed by atoms with E-state index in [0.717, 1.165) is 12.8 Å². The fraction of sp³-hybridized carbons (Fsp3) is 0.583. The summed E-state index contributed by atoms with van der Waals surface area (Å²) in [5.74, 6) is 0. The molecule has 0 amide bonds. The molecule has 0 N–H and O–H groups in total. The maximum absolute atomic E-state index is 3.12. The normalized spacial score (nSPS) is 18.3. The molecule has 28 heavy (non-hydrogen) atoms. The Kier molecular flexibility index (Phi) is 32.9. The van der Waals surface area contributed by atoms with Crippen molar-refractivity contribution in [3.8, 4) is 0 Å². The summed E-state index contributed by atoms with van der Waals surface area (Å²) in [7, 11) is 0. The molecule has 0 saturated heterocycles. The fourth-order valence-electron chi connectivity index (χ4n) is 2.83. The van der Waals surface area contributed by atoms with Crippen LogP contribution in [0.25, 0.3) is 0 Å². The van der Waals surface area contributed by atoms with E-state index in [1.165, 1.54) is 75.4 Å². The van der Waals surface area contributed by atoms with Gasteiger partial charge in [-0.15, -0.1) is 37.7 Å². The Morgan fingerprint density at radius 1 is 0.679 bits per heavy atom. The van der Waals surface area contributed by atoms with Gasteiger partial charge in [0.05, 0.1) is 0 Å². The summed E-state index contributed by atoms with van der Waals surface area (Å²) in [5, 5.41) is 0. The third-order valence-electron chi connectivity index (χ3n) is 4.37. The molecule has 0 unspecified atom stereocenters. The SMILES string of the molecule is CC1=[C-]CC=C1.CC1=[C-]CC=C1.Cl.Cl.[CH-]1CCCCC1.[CH-]1CCCCC1.[SiH2]=[Zr]. The molecule has 0 aromatic heterocycles. The molecule has 2 fully saturated rings. The van der Waals surface area contributed by atoms with Crippen molar-refractivity contribution < 1.29 is 23.3 Å². The second-order valence-corrected chi connectivity index (χ2v) is 6.79. The first kappa shape index (κ1) is 33.3. The molecule has 2 saturated carbocycles. The van der Waals surface area contributed by atoms with Crippen LogP contribution < -0.4 is 0 Å². The van der Waals surface area contributed by atoms with E-state index in [0.29, 0.717) is 0 Å². The van der Waals surface area contributed by atoms with E-state index < -0.39 is 0 Å². The van der Waals surface area contributed by atoms with Gasteiger partial charge in [-0.25, -0.2) is 23.3 Å². The van der Waals surface area contributed by atoms with Crippen LogP contribution in [0.1, 0.15) is 90.9 Å². The van der Waals surface area contributed by atoms with Gasteiger partial charge in [-0.3, -0.25) is 12.2 Å². The van der Waals surface area contributed by atoms with Gasteiger partial charge >= 0.3 is 30.2 Å². The molecular formula is C24H40Cl2SiZr-4. The monoisotopic (exact) mass is 516 g/mol. The minimum atomic E-state index is 0. The summed E-state index contributed by atoms with van der Waals surface area (Å²) in [6, 6.07) is 0. The molecule has 0 aliphatic heterocycles. The molecule has 0 nitrogen and oxygen atoms in total. The maximum atomic E-state index is 3.12. The predicted molar refractivity (Wildman–Crippen MR) is 130 cm³/mol. The first-order valence-electron chi connectivity index (χ1n) is 10.3. The van der Waals surface area contributed by atoms with Crippen LogP contribution >= 0.6 is 24.8 Å². The number of rotatable bonds is 0. The van der Waals surface area contributed by atoms with Crippen molar-refractivity contribution in [2.75, 3.05) is 0 Å². The zero-order valence-electron chi connectivity index (χ0n) is 18.0. The Bertz CT molecular complexity index is 365. The van der Waals surface area contributed by atoms with Gasteiger partial charge in [-0.2, -0.15) is 37.8 Å². The Morgan fingerprint density at radius 3 is 1.07 bits per heavy atom. The Hall–Kier alpha value is 0.640. The molecule has 0 aromatic carbocycles. The Balaban J connectivity index is -0.000000282. The van der Waals surface area contributed by atoms with Crippen LogP contribution in [0, 0.1) is 25.0 Å². The zero-order valence-corrected chi connectivity index (χ0v) is 23.5. The van der Waals surface area contributed by atoms with Crippen molar-refractivity contribution in [3.63, 3.8) is 0 Å². The molecule has 4 heteroatoms. The van der Waals surface area contributed by atoms with Crippen molar-refractivity contribution in [2.45, 2.75) is 90.9 Å². The molecule has 162 valence electrons. The van der Waals surface area contributed by atoms with Crippen LogP contribution in [-0.4, -0.2) is 6.88 Å². The second kappa shape index (κ2) is 27.6. The summed E-state index contributed by atoms with van der Waals surface area (Å²) < 4.78 is 0. The van der Waals surface area contributed by atoms with Crippen LogP contribution in [0.2, 0.25) is 0 Å². The van der Waals surface area contributed by atoms with Gasteiger partial charge < -0.3 is 12.8 Å². The van der Waals surface area contributed by atoms with Crippen molar-refractivity contribution >= 4 is 31.7 Å². The van der Waals surface area contributed by atoms with E-state index in [2.05, 4.69) is 63.1 Å². The quantitative estimate of drug-likeness (QED) is 0.228. The summed E-state index contributed by atoms with van der Waals surface area (Å²) in [6.07, 6.45) is 35.7. The van der Waals surface area contributed by atoms with Crippen LogP contribution in [-0.2, 0) is 23.3 Å². The average Bonchev–Trinajstić information content (AvgIpc) is 3.41. The number of hydrogen-bond acceptors (Lipinski definition) is 0. The summed E-state index contributed by atoms with van der Waals surface area (Å²) in [6.45, 7) is 6.07. The second-order valence-electron chi connectivity index (χ2n) is 6.79. The molecule has 4 rings (SSSR count). The fourth-order valence-corrected chi connectivity index (χ4v) is 2.83. The molecule has 0 spiro atoms. The van der Waals surface area contributed by atoms with Crippen molar-refractivity contribution in [3.05, 3.63) is 60.4 Å². The first-order valence-corrected chi connectivity index (χ1v) is 16.2. The van der Waals surface area contributed by atoms with Gasteiger partial charge in [0.25, 0.3) is 0 Å². The predicted octanol–water partition coefficient (Wildman–Crippen LogP) is 7.63. The molecule has 4 aliphatic carbocycles. The van der Waals surface area contributed by atoms with Crippen molar-refractivity contribution in [1.82, 2.24) is 0 Å². The van der Waals surface area contributed by atoms with E-state index in [1.54, 1.807) is 23.3 Å². The third-order valence-corrected chi connectivity index (χ3v) is 4.37. The molecule has 0 aromatic rings. The summed E-state index contributed by atoms with van der Waals surface area (Å²) in [5.41, 5.74) is 2.55. The average molecular weight is 519 g/mol. The van der Waals surface area contributed by atoms with Gasteiger partial charge in [0.15, 0.2) is 0 Å². The topological polar surface area (TPSA) is 0 Å². The van der Waals surface area contributed by atoms with E-state index in [-0.39, 0.29) is 24.8 Å². The first-order chi connectivity index (χ1) is 12.8. The van der Waals surface area contributed by atoms with Gasteiger partial charge in [-0.1, -0.05) is 52.4 Å². The summed E-state index contributed by atoms with van der Waals surface area (Å²) >= 11 is 1.58. The van der Waals surface area contributed by atoms with Crippen molar-refractivity contribution in [1.29, 1.82) is 0 Å². The van der Waals surface area contributed by atoms with Crippen molar-refractivity contribution in [2.24, 2.45) is 0 Å². The molecule has 0 heterocycles. The molecule has 0 atom stereocenters. The van der Waals surface area contributed by atoms with Crippen LogP contribution in [0.15, 0.2) is 35.5 Å². The van der Waals surface area contributed by atoms with Crippen LogP contribution in [0.3, 0.4) is 0 Å². The number of allylic oxidation sites excluding steroid dienone is 8. The minimum absolute atomic E-state index is 0. The molecule has 0 radical (unpaired) electrons. The molecule has 0 bridgehead atoms. The summed E-state index contributed by atoms with van der Waals surface area (Å²) in [4.78, 5) is 0. The zero-order chi connectivity index (χ0) is 19.3. The van der Waals surface area contributed by atoms with Gasteiger partial charge in [0, 0.05) is 0 Å². The van der Waals surface area contributed by atoms with E-state index in [4.69, 9.17) is 0 Å². The van der Waals surface area contributed by atoms with Crippen LogP contribution in [0.5, 0.6) is 0 Å². The van der Waals surface area contributed by atoms with E-state index in [1.807, 2.05) is 6.88 Å². The Morgan fingerprint density at radius 2 is 1.00 bits per heavy atom. The Labute approximate surface area is 205 Å². The van der Waals surface area contributed by atoms with Gasteiger partial charge in [-0.05, 0) is 0 Å². The van der Waals surface area contributed by atoms with Gasteiger partial charge in [0.1, 0.15) is 0 Å². The van der Waals surface area contributed by atoms with E-state index in [9.17, 15) is 0 Å². The number of halogens is 2. The van der Waals surface area contributed by atoms with E-state index >= 15 is 0 Å².